The minimum absolute atomic E-state index is 0.00987. The Balaban J connectivity index is 1.40. The van der Waals surface area contributed by atoms with Gasteiger partial charge in [-0.05, 0) is 30.7 Å². The van der Waals surface area contributed by atoms with E-state index >= 15 is 0 Å². The molecule has 58 heavy (non-hydrogen) atoms. The number of carbonyl (C=O) groups is 10. The van der Waals surface area contributed by atoms with Crippen LogP contribution >= 0.6 is 11.8 Å². The van der Waals surface area contributed by atoms with Crippen molar-refractivity contribution >= 4 is 78.2 Å². The van der Waals surface area contributed by atoms with Crippen molar-refractivity contribution in [3.8, 4) is 11.5 Å². The fourth-order valence-electron chi connectivity index (χ4n) is 6.55. The zero-order chi connectivity index (χ0) is 42.4. The number of amides is 6. The summed E-state index contributed by atoms with van der Waals surface area (Å²) < 4.78 is 15.4. The summed E-state index contributed by atoms with van der Waals surface area (Å²) in [4.78, 5) is 131. The van der Waals surface area contributed by atoms with Gasteiger partial charge in [0, 0.05) is 56.4 Å². The van der Waals surface area contributed by atoms with Crippen LogP contribution in [-0.4, -0.2) is 123 Å². The molecule has 0 saturated carbocycles. The lowest BCUT2D eigenvalue weighted by Crippen LogP contribution is -2.87. The smallest absolute Gasteiger partial charge is 0.352 e. The van der Waals surface area contributed by atoms with Gasteiger partial charge in [-0.2, -0.15) is 0 Å². The minimum atomic E-state index is -2.43. The molecule has 20 nitrogen and oxygen atoms in total. The molecular formula is C37H36N6O14S. The van der Waals surface area contributed by atoms with Crippen LogP contribution in [0.25, 0.3) is 6.08 Å². The van der Waals surface area contributed by atoms with E-state index in [9.17, 15) is 53.1 Å². The van der Waals surface area contributed by atoms with Crippen molar-refractivity contribution in [2.75, 3.05) is 32.0 Å². The van der Waals surface area contributed by atoms with Crippen molar-refractivity contribution in [2.24, 2.45) is 0 Å². The molecule has 0 unspecified atom stereocenters. The van der Waals surface area contributed by atoms with Crippen LogP contribution < -0.4 is 25.4 Å². The van der Waals surface area contributed by atoms with E-state index in [1.54, 1.807) is 13.0 Å². The minimum Gasteiger partial charge on any atom is -0.477 e. The highest BCUT2D eigenvalue weighted by atomic mass is 32.2. The maximum atomic E-state index is 14.6. The molecule has 2 aromatic carbocycles. The number of esters is 3. The lowest BCUT2D eigenvalue weighted by atomic mass is 9.90. The fourth-order valence-corrected chi connectivity index (χ4v) is 7.95. The van der Waals surface area contributed by atoms with Crippen LogP contribution in [0, 0.1) is 0 Å². The Labute approximate surface area is 333 Å². The Morgan fingerprint density at radius 3 is 2.26 bits per heavy atom. The van der Waals surface area contributed by atoms with Crippen molar-refractivity contribution in [3.63, 3.8) is 0 Å². The van der Waals surface area contributed by atoms with Crippen LogP contribution in [-0.2, 0) is 58.3 Å². The van der Waals surface area contributed by atoms with Crippen LogP contribution in [0.5, 0.6) is 11.5 Å². The van der Waals surface area contributed by atoms with Gasteiger partial charge in [0.2, 0.25) is 24.1 Å². The van der Waals surface area contributed by atoms with Crippen LogP contribution in [0.1, 0.15) is 31.9 Å². The number of ether oxygens (including phenoxy) is 3. The second-order valence-corrected chi connectivity index (χ2v) is 13.7. The van der Waals surface area contributed by atoms with E-state index in [2.05, 4.69) is 16.0 Å². The first kappa shape index (κ1) is 42.1. The third-order valence-electron chi connectivity index (χ3n) is 9.11. The summed E-state index contributed by atoms with van der Waals surface area (Å²) in [6.45, 7) is 3.30. The van der Waals surface area contributed by atoms with E-state index in [0.29, 0.717) is 5.56 Å². The SMILES string of the molecule is CCN1CCN([C@@](NC=O)(C(=O)N[C@]2(NC=O)C(=O)N3C(C(=O)O)=C(COC(=O)C=Cc4ccc(OC(C)=O)c(OC(C)=O)c4)CS[C@@H]32)c2ccccc2)C(=O)C1=O. The lowest BCUT2D eigenvalue weighted by molar-refractivity contribution is -0.171. The van der Waals surface area contributed by atoms with Gasteiger partial charge in [-0.25, -0.2) is 9.59 Å². The molecule has 0 aromatic heterocycles. The van der Waals surface area contributed by atoms with Crippen molar-refractivity contribution in [2.45, 2.75) is 37.5 Å². The molecule has 5 rings (SSSR count). The highest BCUT2D eigenvalue weighted by Gasteiger charge is 2.67. The van der Waals surface area contributed by atoms with E-state index in [4.69, 9.17) is 14.2 Å². The molecule has 4 N–H and O–H groups in total. The summed E-state index contributed by atoms with van der Waals surface area (Å²) in [7, 11) is 0. The number of nitrogens with zero attached hydrogens (tertiary/aromatic N) is 3. The standard InChI is InChI=1S/C37H36N6O14S/c1-4-41-14-15-42(31(50)30(41)49)37(39-20-45,25-8-6-5-7-9-25)33(53)40-36(38-19-44)34(54)43-29(32(51)52)24(18-58-35(36)43)17-55-28(48)13-11-23-10-12-26(56-21(2)46)27(16-23)57-22(3)47/h5-13,16,19-20,35H,4,14-15,17-18H2,1-3H3,(H,38,44)(H,39,45)(H,40,53)(H,51,52)/t35-,36-,37-/m1/s1. The number of rotatable bonds is 16. The predicted octanol–water partition coefficient (Wildman–Crippen LogP) is -0.804. The Kier molecular flexibility index (Phi) is 12.6. The molecule has 0 spiro atoms. The average Bonchev–Trinajstić information content (AvgIpc) is 3.19. The van der Waals surface area contributed by atoms with E-state index in [1.807, 2.05) is 0 Å². The summed E-state index contributed by atoms with van der Waals surface area (Å²) in [5, 5.41) is 16.0. The number of fused-ring (bicyclic) bond motifs is 1. The maximum Gasteiger partial charge on any atom is 0.352 e. The highest BCUT2D eigenvalue weighted by molar-refractivity contribution is 8.00. The van der Waals surface area contributed by atoms with E-state index in [-0.39, 0.29) is 60.8 Å². The highest BCUT2D eigenvalue weighted by Crippen LogP contribution is 2.45. The number of carboxylic acid groups (broad SMARTS) is 1. The first-order chi connectivity index (χ1) is 27.6. The Hall–Kier alpha value is -7.03. The molecule has 3 atom stereocenters. The molecule has 6 amide bonds. The zero-order valence-corrected chi connectivity index (χ0v) is 31.9. The van der Waals surface area contributed by atoms with Crippen LogP contribution in [0.2, 0.25) is 0 Å². The van der Waals surface area contributed by atoms with E-state index in [1.165, 1.54) is 53.4 Å². The summed E-state index contributed by atoms with van der Waals surface area (Å²) in [6, 6.07) is 11.5. The van der Waals surface area contributed by atoms with Crippen molar-refractivity contribution in [3.05, 3.63) is 77.0 Å². The van der Waals surface area contributed by atoms with Gasteiger partial charge in [0.1, 0.15) is 17.7 Å². The van der Waals surface area contributed by atoms with Gasteiger partial charge in [-0.15, -0.1) is 11.8 Å². The van der Waals surface area contributed by atoms with Crippen molar-refractivity contribution in [1.82, 2.24) is 30.7 Å². The number of carboxylic acids is 1. The molecule has 2 fully saturated rings. The van der Waals surface area contributed by atoms with Gasteiger partial charge in [-0.3, -0.25) is 48.2 Å². The summed E-state index contributed by atoms with van der Waals surface area (Å²) in [5.74, 6) is -8.65. The molecule has 2 aromatic rings. The van der Waals surface area contributed by atoms with Gasteiger partial charge in [0.05, 0.1) is 0 Å². The predicted molar refractivity (Wildman–Crippen MR) is 198 cm³/mol. The van der Waals surface area contributed by atoms with E-state index in [0.717, 1.165) is 41.5 Å². The zero-order valence-electron chi connectivity index (χ0n) is 31.0. The molecule has 304 valence electrons. The Bertz CT molecular complexity index is 2140. The molecule has 3 aliphatic rings. The van der Waals surface area contributed by atoms with E-state index < -0.39 is 76.5 Å². The molecule has 0 radical (unpaired) electrons. The third kappa shape index (κ3) is 7.96. The molecule has 0 bridgehead atoms. The number of likely N-dealkylation sites (N-methyl/N-ethyl adjacent to an activating group) is 1. The maximum absolute atomic E-state index is 14.6. The van der Waals surface area contributed by atoms with Crippen LogP contribution in [0.3, 0.4) is 0 Å². The normalized spacial score (nSPS) is 19.9. The quantitative estimate of drug-likeness (QED) is 0.0307. The number of carbonyl (C=O) groups excluding carboxylic acids is 9. The molecular weight excluding hydrogens is 785 g/mol. The number of hydrogen-bond acceptors (Lipinski definition) is 14. The topological polar surface area (TPSA) is 264 Å². The molecule has 3 aliphatic heterocycles. The second kappa shape index (κ2) is 17.4. The molecule has 0 aliphatic carbocycles. The molecule has 2 saturated heterocycles. The fraction of sp³-hybridized carbons (Fsp3) is 0.297. The second-order valence-electron chi connectivity index (χ2n) is 12.6. The Morgan fingerprint density at radius 2 is 1.64 bits per heavy atom. The summed E-state index contributed by atoms with van der Waals surface area (Å²) in [6.07, 6.45) is 2.52. The van der Waals surface area contributed by atoms with Crippen molar-refractivity contribution in [1.29, 1.82) is 0 Å². The van der Waals surface area contributed by atoms with Gasteiger partial charge in [0.25, 0.3) is 11.8 Å². The van der Waals surface area contributed by atoms with Crippen LogP contribution in [0.15, 0.2) is 65.9 Å². The summed E-state index contributed by atoms with van der Waals surface area (Å²) in [5.41, 5.74) is -5.02. The first-order valence-electron chi connectivity index (χ1n) is 17.3. The average molecular weight is 821 g/mol. The first-order valence-corrected chi connectivity index (χ1v) is 18.4. The summed E-state index contributed by atoms with van der Waals surface area (Å²) >= 11 is 0.898. The van der Waals surface area contributed by atoms with Gasteiger partial charge in [0.15, 0.2) is 11.5 Å². The Morgan fingerprint density at radius 1 is 0.948 bits per heavy atom. The largest absolute Gasteiger partial charge is 0.477 e. The van der Waals surface area contributed by atoms with Crippen molar-refractivity contribution < 1.29 is 67.3 Å². The number of aliphatic carboxylic acids is 1. The molecule has 3 heterocycles. The number of piperazine rings is 1. The van der Waals surface area contributed by atoms with Gasteiger partial charge >= 0.3 is 35.7 Å². The number of thioether (sulfide) groups is 1. The third-order valence-corrected chi connectivity index (χ3v) is 10.5. The van der Waals surface area contributed by atoms with Gasteiger partial charge < -0.3 is 40.2 Å². The number of β-lactam (4-membered cyclic amide) rings is 1. The number of hydrogen-bond donors (Lipinski definition) is 4. The number of benzene rings is 2. The lowest BCUT2D eigenvalue weighted by Gasteiger charge is -2.57. The molecule has 21 heteroatoms. The monoisotopic (exact) mass is 820 g/mol. The number of nitrogens with one attached hydrogen (secondary N) is 3. The van der Waals surface area contributed by atoms with Gasteiger partial charge in [-0.1, -0.05) is 36.4 Å². The van der Waals surface area contributed by atoms with Crippen LogP contribution in [0.4, 0.5) is 0 Å².